The van der Waals surface area contributed by atoms with Crippen LogP contribution in [0.3, 0.4) is 0 Å². The Morgan fingerprint density at radius 3 is 1.53 bits per heavy atom. The third-order valence-corrected chi connectivity index (χ3v) is 15.9. The van der Waals surface area contributed by atoms with Crippen molar-refractivity contribution in [2.75, 3.05) is 9.80 Å². The standard InChI is InChI=1S/C67H69BN2/c1-63(2,3)44-30-35-56(51(37-44)42-21-16-15-17-22-42)70-57-36-31-45(64(4,5)6)38-55(57)68-54-34-29-46(65(7,8)9)39-58(54)69(59-40-47(66(10,11)12)41-60(70)62(59)68)48-32-27-43(28-33-48)49-24-20-26-53-61(49)50-23-18-19-25-52(50)67(53,13)14/h15-41H,1-14H3. The fourth-order valence-corrected chi connectivity index (χ4v) is 11.7. The summed E-state index contributed by atoms with van der Waals surface area (Å²) in [5.41, 5.74) is 26.9. The van der Waals surface area contributed by atoms with Crippen molar-refractivity contribution in [1.82, 2.24) is 0 Å². The Balaban J connectivity index is 1.20. The van der Waals surface area contributed by atoms with Crippen LogP contribution < -0.4 is 26.2 Å². The predicted octanol–water partition coefficient (Wildman–Crippen LogP) is 16.6. The van der Waals surface area contributed by atoms with Gasteiger partial charge in [-0.2, -0.15) is 0 Å². The van der Waals surface area contributed by atoms with E-state index in [0.29, 0.717) is 0 Å². The minimum absolute atomic E-state index is 0.0106. The third-order valence-electron chi connectivity index (χ3n) is 15.9. The monoisotopic (exact) mass is 913 g/mol. The molecule has 11 rings (SSSR count). The fourth-order valence-electron chi connectivity index (χ4n) is 11.7. The van der Waals surface area contributed by atoms with Crippen LogP contribution in [0.2, 0.25) is 0 Å². The number of anilines is 6. The fraction of sp³-hybridized carbons (Fsp3) is 0.284. The van der Waals surface area contributed by atoms with E-state index in [1.54, 1.807) is 0 Å². The first-order chi connectivity index (χ1) is 33.0. The highest BCUT2D eigenvalue weighted by molar-refractivity contribution is 7.00. The largest absolute Gasteiger partial charge is 0.311 e. The second kappa shape index (κ2) is 15.7. The third kappa shape index (κ3) is 7.29. The number of benzene rings is 8. The van der Waals surface area contributed by atoms with Crippen LogP contribution in [0.15, 0.2) is 164 Å². The Morgan fingerprint density at radius 1 is 0.357 bits per heavy atom. The topological polar surface area (TPSA) is 6.48 Å². The van der Waals surface area contributed by atoms with Gasteiger partial charge in [0.1, 0.15) is 0 Å². The van der Waals surface area contributed by atoms with E-state index in [0.717, 1.165) is 5.69 Å². The molecule has 2 heterocycles. The summed E-state index contributed by atoms with van der Waals surface area (Å²) in [4.78, 5) is 5.25. The molecule has 0 radical (unpaired) electrons. The van der Waals surface area contributed by atoms with E-state index in [1.807, 2.05) is 0 Å². The van der Waals surface area contributed by atoms with Crippen LogP contribution >= 0.6 is 0 Å². The number of rotatable bonds is 4. The van der Waals surface area contributed by atoms with Gasteiger partial charge < -0.3 is 9.80 Å². The summed E-state index contributed by atoms with van der Waals surface area (Å²) in [6.45, 7) is 32.9. The molecule has 3 heteroatoms. The zero-order valence-corrected chi connectivity index (χ0v) is 44.1. The van der Waals surface area contributed by atoms with Crippen molar-refractivity contribution in [1.29, 1.82) is 0 Å². The van der Waals surface area contributed by atoms with Gasteiger partial charge in [0.25, 0.3) is 6.71 Å². The number of nitrogens with zero attached hydrogens (tertiary/aromatic N) is 2. The van der Waals surface area contributed by atoms with E-state index >= 15 is 0 Å². The zero-order valence-electron chi connectivity index (χ0n) is 44.1. The maximum atomic E-state index is 2.63. The average Bonchev–Trinajstić information content (AvgIpc) is 3.55. The van der Waals surface area contributed by atoms with Crippen molar-refractivity contribution in [3.63, 3.8) is 0 Å². The van der Waals surface area contributed by atoms with Gasteiger partial charge in [0.05, 0.1) is 5.69 Å². The van der Waals surface area contributed by atoms with E-state index < -0.39 is 0 Å². The average molecular weight is 913 g/mol. The molecular formula is C67H69BN2. The lowest BCUT2D eigenvalue weighted by molar-refractivity contribution is 0.589. The van der Waals surface area contributed by atoms with E-state index in [-0.39, 0.29) is 33.8 Å². The van der Waals surface area contributed by atoms with Crippen molar-refractivity contribution < 1.29 is 0 Å². The van der Waals surface area contributed by atoms with Crippen LogP contribution in [0.5, 0.6) is 0 Å². The minimum atomic E-state index is -0.137. The molecule has 3 aliphatic rings. The van der Waals surface area contributed by atoms with Gasteiger partial charge in [0.2, 0.25) is 0 Å². The molecule has 2 aliphatic heterocycles. The molecule has 0 amide bonds. The minimum Gasteiger partial charge on any atom is -0.311 e. The maximum absolute atomic E-state index is 2.63. The second-order valence-corrected chi connectivity index (χ2v) is 25.1. The highest BCUT2D eigenvalue weighted by atomic mass is 15.2. The van der Waals surface area contributed by atoms with Gasteiger partial charge in [-0.05, 0) is 148 Å². The molecule has 8 aromatic rings. The summed E-state index contributed by atoms with van der Waals surface area (Å²) >= 11 is 0. The molecule has 0 atom stereocenters. The lowest BCUT2D eigenvalue weighted by Gasteiger charge is -2.46. The summed E-state index contributed by atoms with van der Waals surface area (Å²) in [6, 6.07) is 63.5. The molecule has 0 saturated heterocycles. The van der Waals surface area contributed by atoms with E-state index in [1.165, 1.54) is 112 Å². The van der Waals surface area contributed by atoms with Crippen LogP contribution in [0.4, 0.5) is 34.1 Å². The predicted molar refractivity (Wildman–Crippen MR) is 304 cm³/mol. The molecule has 70 heavy (non-hydrogen) atoms. The van der Waals surface area contributed by atoms with Crippen LogP contribution in [0, 0.1) is 0 Å². The van der Waals surface area contributed by atoms with Gasteiger partial charge in [-0.15, -0.1) is 0 Å². The Morgan fingerprint density at radius 2 is 0.871 bits per heavy atom. The van der Waals surface area contributed by atoms with Gasteiger partial charge in [0.15, 0.2) is 0 Å². The number of fused-ring (bicyclic) bond motifs is 7. The highest BCUT2D eigenvalue weighted by Crippen LogP contribution is 2.53. The smallest absolute Gasteiger partial charge is 0.252 e. The summed E-state index contributed by atoms with van der Waals surface area (Å²) < 4.78 is 0. The van der Waals surface area contributed by atoms with Gasteiger partial charge >= 0.3 is 0 Å². The van der Waals surface area contributed by atoms with Gasteiger partial charge in [-0.1, -0.05) is 212 Å². The Bertz CT molecular complexity index is 3380. The van der Waals surface area contributed by atoms with Gasteiger partial charge in [-0.3, -0.25) is 0 Å². The molecule has 0 spiro atoms. The first kappa shape index (κ1) is 45.8. The first-order valence-corrected chi connectivity index (χ1v) is 25.6. The molecule has 0 N–H and O–H groups in total. The number of hydrogen-bond donors (Lipinski definition) is 0. The molecule has 0 fully saturated rings. The molecule has 0 saturated carbocycles. The van der Waals surface area contributed by atoms with Crippen molar-refractivity contribution in [3.05, 3.63) is 197 Å². The molecule has 2 nitrogen and oxygen atoms in total. The number of hydrogen-bond acceptors (Lipinski definition) is 2. The SMILES string of the molecule is CC(C)(C)c1ccc2c(c1)B1c3ccc(C(C)(C)C)cc3N(c3ccc(-c4cccc5c4-c4ccccc4C5(C)C)cc3)c3cc(C(C)(C)C)cc(c31)N2c1ccc(C(C)(C)C)cc1-c1ccccc1. The summed E-state index contributed by atoms with van der Waals surface area (Å²) in [7, 11) is 0. The van der Waals surface area contributed by atoms with E-state index in [9.17, 15) is 0 Å². The summed E-state index contributed by atoms with van der Waals surface area (Å²) in [5.74, 6) is 0. The molecule has 0 aromatic heterocycles. The van der Waals surface area contributed by atoms with Gasteiger partial charge in [0, 0.05) is 39.4 Å². The quantitative estimate of drug-likeness (QED) is 0.162. The van der Waals surface area contributed by atoms with Crippen LogP contribution in [-0.4, -0.2) is 6.71 Å². The second-order valence-electron chi connectivity index (χ2n) is 25.1. The summed E-state index contributed by atoms with van der Waals surface area (Å²) in [5, 5.41) is 0. The molecule has 8 aromatic carbocycles. The van der Waals surface area contributed by atoms with E-state index in [2.05, 4.69) is 271 Å². The zero-order chi connectivity index (χ0) is 49.4. The molecule has 0 unspecified atom stereocenters. The Labute approximate surface area is 419 Å². The van der Waals surface area contributed by atoms with Crippen molar-refractivity contribution >= 4 is 57.2 Å². The van der Waals surface area contributed by atoms with Crippen molar-refractivity contribution in [2.45, 2.75) is 124 Å². The van der Waals surface area contributed by atoms with Gasteiger partial charge in [-0.25, -0.2) is 0 Å². The summed E-state index contributed by atoms with van der Waals surface area (Å²) in [6.07, 6.45) is 0. The molecular weight excluding hydrogens is 844 g/mol. The van der Waals surface area contributed by atoms with E-state index in [4.69, 9.17) is 0 Å². The van der Waals surface area contributed by atoms with Crippen molar-refractivity contribution in [2.24, 2.45) is 0 Å². The first-order valence-electron chi connectivity index (χ1n) is 25.6. The van der Waals surface area contributed by atoms with Crippen LogP contribution in [0.25, 0.3) is 33.4 Å². The lowest BCUT2D eigenvalue weighted by atomic mass is 9.33. The maximum Gasteiger partial charge on any atom is 0.252 e. The highest BCUT2D eigenvalue weighted by Gasteiger charge is 2.45. The molecule has 1 aliphatic carbocycles. The normalized spacial score (nSPS) is 14.7. The molecule has 350 valence electrons. The lowest BCUT2D eigenvalue weighted by Crippen LogP contribution is -2.61. The Hall–Kier alpha value is -6.58. The van der Waals surface area contributed by atoms with Crippen LogP contribution in [0.1, 0.15) is 130 Å². The molecule has 0 bridgehead atoms. The van der Waals surface area contributed by atoms with Crippen LogP contribution in [-0.2, 0) is 27.1 Å². The van der Waals surface area contributed by atoms with Crippen molar-refractivity contribution in [3.8, 4) is 33.4 Å². The Kier molecular flexibility index (Phi) is 10.3.